The second-order valence-electron chi connectivity index (χ2n) is 5.02. The van der Waals surface area contributed by atoms with Crippen LogP contribution in [0.1, 0.15) is 18.5 Å². The summed E-state index contributed by atoms with van der Waals surface area (Å²) in [6.07, 6.45) is 0. The van der Waals surface area contributed by atoms with Gasteiger partial charge in [0.1, 0.15) is 11.3 Å². The van der Waals surface area contributed by atoms with Crippen molar-refractivity contribution in [2.45, 2.75) is 13.0 Å². The van der Waals surface area contributed by atoms with Crippen LogP contribution in [0.5, 0.6) is 5.75 Å². The molecule has 0 bridgehead atoms. The molecule has 0 fully saturated rings. The Morgan fingerprint density at radius 2 is 2.00 bits per heavy atom. The predicted octanol–water partition coefficient (Wildman–Crippen LogP) is 1.87. The number of fused-ring (bicyclic) bond motifs is 1. The van der Waals surface area contributed by atoms with Crippen LogP contribution in [0, 0.1) is 0 Å². The lowest BCUT2D eigenvalue weighted by molar-refractivity contribution is 0.415. The summed E-state index contributed by atoms with van der Waals surface area (Å²) >= 11 is -2.29. The minimum atomic E-state index is -2.29. The van der Waals surface area contributed by atoms with Crippen molar-refractivity contribution < 1.29 is 13.5 Å². The molecular formula is C15H15N4O3S-. The van der Waals surface area contributed by atoms with Gasteiger partial charge in [-0.3, -0.25) is 4.21 Å². The maximum Gasteiger partial charge on any atom is 0.121 e. The predicted molar refractivity (Wildman–Crippen MR) is 85.9 cm³/mol. The van der Waals surface area contributed by atoms with E-state index in [9.17, 15) is 8.76 Å². The average Bonchev–Trinajstić information content (AvgIpc) is 2.97. The van der Waals surface area contributed by atoms with E-state index in [2.05, 4.69) is 15.0 Å². The molecule has 1 N–H and O–H groups in total. The Kier molecular flexibility index (Phi) is 4.37. The van der Waals surface area contributed by atoms with E-state index in [0.29, 0.717) is 0 Å². The van der Waals surface area contributed by atoms with Crippen molar-refractivity contribution in [2.75, 3.05) is 7.11 Å². The van der Waals surface area contributed by atoms with E-state index in [4.69, 9.17) is 4.74 Å². The van der Waals surface area contributed by atoms with Crippen LogP contribution in [-0.2, 0) is 11.3 Å². The average molecular weight is 331 g/mol. The van der Waals surface area contributed by atoms with Gasteiger partial charge >= 0.3 is 0 Å². The van der Waals surface area contributed by atoms with Crippen molar-refractivity contribution in [3.8, 4) is 11.4 Å². The van der Waals surface area contributed by atoms with Crippen LogP contribution in [0.2, 0.25) is 0 Å². The number of nitrogens with zero attached hydrogens (tertiary/aromatic N) is 3. The minimum Gasteiger partial charge on any atom is -0.760 e. The Hall–Kier alpha value is -2.29. The highest BCUT2D eigenvalue weighted by Gasteiger charge is 2.09. The van der Waals surface area contributed by atoms with E-state index < -0.39 is 11.3 Å². The van der Waals surface area contributed by atoms with Gasteiger partial charge < -0.3 is 9.29 Å². The molecule has 1 unspecified atom stereocenters. The summed E-state index contributed by atoms with van der Waals surface area (Å²) in [7, 11) is 1.61. The Morgan fingerprint density at radius 3 is 2.65 bits per heavy atom. The Balaban J connectivity index is 1.92. The number of aromatic nitrogens is 3. The molecule has 0 aliphatic heterocycles. The Labute approximate surface area is 135 Å². The first-order chi connectivity index (χ1) is 11.1. The third kappa shape index (κ3) is 3.24. The van der Waals surface area contributed by atoms with Crippen molar-refractivity contribution in [2.24, 2.45) is 0 Å². The zero-order valence-electron chi connectivity index (χ0n) is 12.6. The van der Waals surface area contributed by atoms with Gasteiger partial charge in [-0.25, -0.2) is 9.40 Å². The standard InChI is InChI=1S/C15H16N4O3S/c1-10(17-23(20)21)11-3-5-12(6-4-11)19-15-8-7-13(22-2)9-14(15)16-18-19/h3-10,17H,1-2H3,(H,20,21)/p-1/t10-/m0/s1. The van der Waals surface area contributed by atoms with Gasteiger partial charge in [0.15, 0.2) is 0 Å². The second kappa shape index (κ2) is 6.45. The molecule has 0 spiro atoms. The van der Waals surface area contributed by atoms with E-state index in [1.54, 1.807) is 18.7 Å². The molecule has 0 aliphatic carbocycles. The highest BCUT2D eigenvalue weighted by Crippen LogP contribution is 2.22. The Bertz CT molecular complexity index is 848. The lowest BCUT2D eigenvalue weighted by atomic mass is 10.1. The molecule has 120 valence electrons. The van der Waals surface area contributed by atoms with Crippen molar-refractivity contribution in [1.82, 2.24) is 19.7 Å². The molecule has 0 amide bonds. The number of hydrogen-bond donors (Lipinski definition) is 1. The Morgan fingerprint density at radius 1 is 1.26 bits per heavy atom. The molecule has 0 saturated heterocycles. The topological polar surface area (TPSA) is 92.1 Å². The van der Waals surface area contributed by atoms with Crippen LogP contribution in [0.25, 0.3) is 16.7 Å². The quantitative estimate of drug-likeness (QED) is 0.721. The number of benzene rings is 2. The number of rotatable bonds is 5. The van der Waals surface area contributed by atoms with Gasteiger partial charge in [-0.1, -0.05) is 17.3 Å². The molecule has 1 heterocycles. The zero-order valence-corrected chi connectivity index (χ0v) is 13.4. The number of hydrogen-bond acceptors (Lipinski definition) is 5. The van der Waals surface area contributed by atoms with Gasteiger partial charge in [0.2, 0.25) is 0 Å². The van der Waals surface area contributed by atoms with Crippen LogP contribution in [0.15, 0.2) is 42.5 Å². The molecule has 2 atom stereocenters. The molecule has 0 radical (unpaired) electrons. The summed E-state index contributed by atoms with van der Waals surface area (Å²) in [5, 5.41) is 8.30. The number of methoxy groups -OCH3 is 1. The van der Waals surface area contributed by atoms with Crippen LogP contribution >= 0.6 is 0 Å². The summed E-state index contributed by atoms with van der Waals surface area (Å²) in [6, 6.07) is 12.7. The molecule has 2 aromatic carbocycles. The van der Waals surface area contributed by atoms with E-state index in [0.717, 1.165) is 28.0 Å². The molecule has 7 nitrogen and oxygen atoms in total. The van der Waals surface area contributed by atoms with Crippen LogP contribution < -0.4 is 9.46 Å². The fraction of sp³-hybridized carbons (Fsp3) is 0.200. The third-order valence-corrected chi connectivity index (χ3v) is 4.11. The van der Waals surface area contributed by atoms with Gasteiger partial charge in [0, 0.05) is 23.4 Å². The largest absolute Gasteiger partial charge is 0.760 e. The van der Waals surface area contributed by atoms with Crippen molar-refractivity contribution in [3.63, 3.8) is 0 Å². The fourth-order valence-corrected chi connectivity index (χ4v) is 2.76. The number of nitrogens with one attached hydrogen (secondary N) is 1. The molecular weight excluding hydrogens is 316 g/mol. The van der Waals surface area contributed by atoms with Crippen LogP contribution in [-0.4, -0.2) is 30.9 Å². The first kappa shape index (κ1) is 15.6. The third-order valence-electron chi connectivity index (χ3n) is 3.56. The van der Waals surface area contributed by atoms with Crippen LogP contribution in [0.3, 0.4) is 0 Å². The minimum absolute atomic E-state index is 0.292. The van der Waals surface area contributed by atoms with Gasteiger partial charge in [-0.2, -0.15) is 0 Å². The fourth-order valence-electron chi connectivity index (χ4n) is 2.34. The summed E-state index contributed by atoms with van der Waals surface area (Å²) in [5.74, 6) is 0.727. The second-order valence-corrected chi connectivity index (χ2v) is 5.73. The molecule has 3 rings (SSSR count). The van der Waals surface area contributed by atoms with Gasteiger partial charge in [0.25, 0.3) is 0 Å². The maximum atomic E-state index is 10.7. The lowest BCUT2D eigenvalue weighted by Crippen LogP contribution is -2.20. The number of ether oxygens (including phenoxy) is 1. The van der Waals surface area contributed by atoms with Crippen molar-refractivity contribution in [1.29, 1.82) is 0 Å². The van der Waals surface area contributed by atoms with E-state index in [-0.39, 0.29) is 6.04 Å². The summed E-state index contributed by atoms with van der Waals surface area (Å²) in [4.78, 5) is 0. The molecule has 1 aromatic heterocycles. The molecule has 0 saturated carbocycles. The maximum absolute atomic E-state index is 10.7. The normalized spacial score (nSPS) is 13.9. The monoisotopic (exact) mass is 331 g/mol. The highest BCUT2D eigenvalue weighted by atomic mass is 32.2. The first-order valence-electron chi connectivity index (χ1n) is 6.93. The summed E-state index contributed by atoms with van der Waals surface area (Å²) in [5.41, 5.74) is 3.32. The molecule has 23 heavy (non-hydrogen) atoms. The molecule has 3 aromatic rings. The molecule has 8 heteroatoms. The lowest BCUT2D eigenvalue weighted by Gasteiger charge is -2.16. The first-order valence-corrected chi connectivity index (χ1v) is 8.01. The smallest absolute Gasteiger partial charge is 0.121 e. The SMILES string of the molecule is COc1ccc2c(c1)nnn2-c1ccc([C@H](C)NS(=O)[O-])cc1. The van der Waals surface area contributed by atoms with Crippen molar-refractivity contribution >= 4 is 22.3 Å². The van der Waals surface area contributed by atoms with Crippen LogP contribution in [0.4, 0.5) is 0 Å². The zero-order chi connectivity index (χ0) is 16.4. The van der Waals surface area contributed by atoms with Gasteiger partial charge in [0.05, 0.1) is 18.3 Å². The van der Waals surface area contributed by atoms with Crippen molar-refractivity contribution in [3.05, 3.63) is 48.0 Å². The summed E-state index contributed by atoms with van der Waals surface area (Å²) < 4.78 is 30.7. The molecule has 0 aliphatic rings. The highest BCUT2D eigenvalue weighted by molar-refractivity contribution is 7.77. The van der Waals surface area contributed by atoms with E-state index in [1.807, 2.05) is 42.5 Å². The van der Waals surface area contributed by atoms with Gasteiger partial charge in [-0.15, -0.1) is 5.10 Å². The van der Waals surface area contributed by atoms with E-state index in [1.165, 1.54) is 0 Å². The van der Waals surface area contributed by atoms with Gasteiger partial charge in [-0.05, 0) is 36.8 Å². The van der Waals surface area contributed by atoms with E-state index >= 15 is 0 Å². The summed E-state index contributed by atoms with van der Waals surface area (Å²) in [6.45, 7) is 1.78.